The van der Waals surface area contributed by atoms with E-state index >= 15 is 0 Å². The summed E-state index contributed by atoms with van der Waals surface area (Å²) >= 11 is 1.15. The van der Waals surface area contributed by atoms with Crippen molar-refractivity contribution < 1.29 is 19.1 Å². The fraction of sp³-hybridized carbons (Fsp3) is 0.250. The molecule has 2 rings (SSSR count). The Balaban J connectivity index is 2.12. The number of rotatable bonds is 9. The van der Waals surface area contributed by atoms with Crippen molar-refractivity contribution in [1.82, 2.24) is 0 Å². The molecule has 2 aromatic rings. The molecule has 0 amide bonds. The molecule has 0 aromatic heterocycles. The molecule has 0 aliphatic heterocycles. The van der Waals surface area contributed by atoms with Crippen LogP contribution in [0.5, 0.6) is 0 Å². The summed E-state index contributed by atoms with van der Waals surface area (Å²) in [5.74, 6) is -0.616. The van der Waals surface area contributed by atoms with E-state index in [9.17, 15) is 14.4 Å². The third-order valence-corrected chi connectivity index (χ3v) is 4.71. The molecule has 0 N–H and O–H groups in total. The van der Waals surface area contributed by atoms with Crippen LogP contribution in [0.3, 0.4) is 0 Å². The van der Waals surface area contributed by atoms with Crippen LogP contribution >= 0.6 is 11.8 Å². The zero-order valence-corrected chi connectivity index (χ0v) is 14.8. The molecule has 0 saturated heterocycles. The lowest BCUT2D eigenvalue weighted by Gasteiger charge is -2.15. The number of ether oxygens (including phenoxy) is 1. The Kier molecular flexibility index (Phi) is 7.41. The normalized spacial score (nSPS) is 11.6. The van der Waals surface area contributed by atoms with Gasteiger partial charge in [0.05, 0.1) is 17.6 Å². The first-order valence-electron chi connectivity index (χ1n) is 8.06. The summed E-state index contributed by atoms with van der Waals surface area (Å²) in [7, 11) is 0. The molecular formula is C20H20O4S. The lowest BCUT2D eigenvalue weighted by Crippen LogP contribution is -2.23. The van der Waals surface area contributed by atoms with Crippen LogP contribution in [0.25, 0.3) is 0 Å². The topological polar surface area (TPSA) is 60.4 Å². The number of Topliss-reactive ketones (excluding diaryl/α,β-unsaturated/α-hetero) is 2. The molecule has 0 aliphatic carbocycles. The maximum Gasteiger partial charge on any atom is 0.315 e. The molecule has 0 heterocycles. The minimum Gasteiger partial charge on any atom is -0.465 e. The van der Waals surface area contributed by atoms with E-state index in [1.165, 1.54) is 0 Å². The number of ketones is 2. The number of carbonyl (C=O) groups is 3. The van der Waals surface area contributed by atoms with Crippen molar-refractivity contribution >= 4 is 29.3 Å². The van der Waals surface area contributed by atoms with Gasteiger partial charge in [-0.2, -0.15) is 0 Å². The standard InChI is InChI=1S/C20H20O4S/c1-2-24-19(22)14-25-18(20(23)16-11-7-4-8-12-16)13-17(21)15-9-5-3-6-10-15/h3-12,18H,2,13-14H2,1H3. The van der Waals surface area contributed by atoms with Crippen molar-refractivity contribution in [3.63, 3.8) is 0 Å². The molecule has 130 valence electrons. The minimum atomic E-state index is -0.625. The third kappa shape index (κ3) is 5.87. The molecule has 0 spiro atoms. The SMILES string of the molecule is CCOC(=O)CSC(CC(=O)c1ccccc1)C(=O)c1ccccc1. The van der Waals surface area contributed by atoms with Gasteiger partial charge in [0.1, 0.15) is 0 Å². The van der Waals surface area contributed by atoms with E-state index < -0.39 is 5.25 Å². The summed E-state index contributed by atoms with van der Waals surface area (Å²) in [6.45, 7) is 2.02. The van der Waals surface area contributed by atoms with Crippen LogP contribution in [-0.2, 0) is 9.53 Å². The number of esters is 1. The molecule has 0 aliphatic rings. The molecule has 0 bridgehead atoms. The maximum atomic E-state index is 12.8. The summed E-state index contributed by atoms with van der Waals surface area (Å²) in [6.07, 6.45) is 0.0435. The molecule has 1 atom stereocenters. The molecular weight excluding hydrogens is 336 g/mol. The highest BCUT2D eigenvalue weighted by atomic mass is 32.2. The van der Waals surface area contributed by atoms with Crippen molar-refractivity contribution in [2.45, 2.75) is 18.6 Å². The molecule has 0 fully saturated rings. The highest BCUT2D eigenvalue weighted by molar-refractivity contribution is 8.01. The predicted octanol–water partition coefficient (Wildman–Crippen LogP) is 3.81. The second-order valence-electron chi connectivity index (χ2n) is 5.33. The summed E-state index contributed by atoms with van der Waals surface area (Å²) in [5.41, 5.74) is 1.09. The molecule has 4 nitrogen and oxygen atoms in total. The van der Waals surface area contributed by atoms with Gasteiger partial charge in [-0.3, -0.25) is 14.4 Å². The van der Waals surface area contributed by atoms with Gasteiger partial charge in [-0.15, -0.1) is 11.8 Å². The Bertz CT molecular complexity index is 713. The van der Waals surface area contributed by atoms with Gasteiger partial charge in [0, 0.05) is 17.5 Å². The first-order chi connectivity index (χ1) is 12.1. The zero-order chi connectivity index (χ0) is 18.1. The number of hydrogen-bond acceptors (Lipinski definition) is 5. The highest BCUT2D eigenvalue weighted by Gasteiger charge is 2.25. The Morgan fingerprint density at radius 3 is 2.04 bits per heavy atom. The van der Waals surface area contributed by atoms with Gasteiger partial charge in [0.15, 0.2) is 11.6 Å². The number of benzene rings is 2. The summed E-state index contributed by atoms with van der Waals surface area (Å²) in [5, 5.41) is -0.625. The predicted molar refractivity (Wildman–Crippen MR) is 99.0 cm³/mol. The van der Waals surface area contributed by atoms with Crippen LogP contribution in [0, 0.1) is 0 Å². The molecule has 2 aromatic carbocycles. The average Bonchev–Trinajstić information content (AvgIpc) is 2.66. The van der Waals surface area contributed by atoms with Crippen LogP contribution in [0.15, 0.2) is 60.7 Å². The summed E-state index contributed by atoms with van der Waals surface area (Å²) in [6, 6.07) is 17.7. The van der Waals surface area contributed by atoms with E-state index in [4.69, 9.17) is 4.74 Å². The van der Waals surface area contributed by atoms with Gasteiger partial charge in [-0.05, 0) is 6.92 Å². The summed E-state index contributed by atoms with van der Waals surface area (Å²) in [4.78, 5) is 36.9. The average molecular weight is 356 g/mol. The molecule has 0 saturated carbocycles. The van der Waals surface area contributed by atoms with E-state index in [1.54, 1.807) is 55.5 Å². The number of carbonyl (C=O) groups excluding carboxylic acids is 3. The van der Waals surface area contributed by atoms with Crippen molar-refractivity contribution in [3.05, 3.63) is 71.8 Å². The first-order valence-corrected chi connectivity index (χ1v) is 9.11. The molecule has 5 heteroatoms. The van der Waals surface area contributed by atoms with E-state index in [0.717, 1.165) is 11.8 Å². The van der Waals surface area contributed by atoms with Gasteiger partial charge in [0.2, 0.25) is 0 Å². The molecule has 25 heavy (non-hydrogen) atoms. The van der Waals surface area contributed by atoms with Gasteiger partial charge < -0.3 is 4.74 Å². The van der Waals surface area contributed by atoms with Crippen LogP contribution in [-0.4, -0.2) is 35.1 Å². The van der Waals surface area contributed by atoms with E-state index in [1.807, 2.05) is 12.1 Å². The molecule has 0 radical (unpaired) electrons. The lowest BCUT2D eigenvalue weighted by molar-refractivity contribution is -0.139. The second-order valence-corrected chi connectivity index (χ2v) is 6.52. The first kappa shape index (κ1) is 18.9. The van der Waals surface area contributed by atoms with Crippen LogP contribution < -0.4 is 0 Å². The van der Waals surface area contributed by atoms with Crippen molar-refractivity contribution in [2.24, 2.45) is 0 Å². The Hall–Kier alpha value is -2.40. The Labute approximate surface area is 151 Å². The van der Waals surface area contributed by atoms with Crippen molar-refractivity contribution in [3.8, 4) is 0 Å². The second kappa shape index (κ2) is 9.79. The largest absolute Gasteiger partial charge is 0.465 e. The smallest absolute Gasteiger partial charge is 0.315 e. The van der Waals surface area contributed by atoms with Crippen LogP contribution in [0.4, 0.5) is 0 Å². The van der Waals surface area contributed by atoms with E-state index in [2.05, 4.69) is 0 Å². The van der Waals surface area contributed by atoms with E-state index in [-0.39, 0.29) is 29.7 Å². The van der Waals surface area contributed by atoms with Crippen molar-refractivity contribution in [2.75, 3.05) is 12.4 Å². The minimum absolute atomic E-state index is 0.0408. The van der Waals surface area contributed by atoms with E-state index in [0.29, 0.717) is 17.7 Å². The lowest BCUT2D eigenvalue weighted by atomic mass is 10.0. The zero-order valence-electron chi connectivity index (χ0n) is 14.0. The third-order valence-electron chi connectivity index (χ3n) is 3.52. The van der Waals surface area contributed by atoms with Crippen LogP contribution in [0.1, 0.15) is 34.1 Å². The number of hydrogen-bond donors (Lipinski definition) is 0. The van der Waals surface area contributed by atoms with Gasteiger partial charge >= 0.3 is 5.97 Å². The molecule has 1 unspecified atom stereocenters. The van der Waals surface area contributed by atoms with Gasteiger partial charge in [-0.25, -0.2) is 0 Å². The maximum absolute atomic E-state index is 12.8. The van der Waals surface area contributed by atoms with Crippen LogP contribution in [0.2, 0.25) is 0 Å². The fourth-order valence-electron chi connectivity index (χ4n) is 2.30. The van der Waals surface area contributed by atoms with Gasteiger partial charge in [-0.1, -0.05) is 60.7 Å². The fourth-order valence-corrected chi connectivity index (χ4v) is 3.27. The monoisotopic (exact) mass is 356 g/mol. The Morgan fingerprint density at radius 2 is 1.48 bits per heavy atom. The van der Waals surface area contributed by atoms with Crippen molar-refractivity contribution in [1.29, 1.82) is 0 Å². The van der Waals surface area contributed by atoms with Gasteiger partial charge in [0.25, 0.3) is 0 Å². The number of thioether (sulfide) groups is 1. The summed E-state index contributed by atoms with van der Waals surface area (Å²) < 4.78 is 4.91. The highest BCUT2D eigenvalue weighted by Crippen LogP contribution is 2.22. The Morgan fingerprint density at radius 1 is 0.920 bits per heavy atom. The quantitative estimate of drug-likeness (QED) is 0.505.